The number of rotatable bonds is 3. The van der Waals surface area contributed by atoms with Gasteiger partial charge >= 0.3 is 0 Å². The van der Waals surface area contributed by atoms with E-state index < -0.39 is 0 Å². The highest BCUT2D eigenvalue weighted by atomic mass is 79.9. The van der Waals surface area contributed by atoms with Crippen LogP contribution in [-0.4, -0.2) is 53.9 Å². The van der Waals surface area contributed by atoms with Gasteiger partial charge in [0.1, 0.15) is 5.69 Å². The van der Waals surface area contributed by atoms with E-state index in [9.17, 15) is 4.79 Å². The van der Waals surface area contributed by atoms with Gasteiger partial charge in [-0.05, 0) is 43.4 Å². The van der Waals surface area contributed by atoms with Gasteiger partial charge in [-0.2, -0.15) is 0 Å². The highest BCUT2D eigenvalue weighted by Crippen LogP contribution is 2.20. The number of pyridine rings is 1. The summed E-state index contributed by atoms with van der Waals surface area (Å²) in [7, 11) is 2.07. The van der Waals surface area contributed by atoms with Gasteiger partial charge in [0.05, 0.1) is 0 Å². The Hall–Kier alpha value is -1.92. The molecule has 2 heterocycles. The number of hydrogen-bond donors (Lipinski definition) is 1. The number of benzene rings is 1. The largest absolute Gasteiger partial charge is 0.355 e. The first-order chi connectivity index (χ1) is 11.1. The van der Waals surface area contributed by atoms with Crippen molar-refractivity contribution in [3.8, 4) is 0 Å². The van der Waals surface area contributed by atoms with Crippen LogP contribution in [0, 0.1) is 0 Å². The first kappa shape index (κ1) is 16.0. The zero-order valence-electron chi connectivity index (χ0n) is 13.0. The quantitative estimate of drug-likeness (QED) is 0.896. The molecule has 0 saturated carbocycles. The molecule has 0 aliphatic carbocycles. The molecular weight excluding hydrogens is 356 g/mol. The van der Waals surface area contributed by atoms with Crippen LogP contribution >= 0.6 is 15.9 Å². The molecule has 6 heteroatoms. The van der Waals surface area contributed by atoms with Crippen LogP contribution < -0.4 is 5.32 Å². The van der Waals surface area contributed by atoms with Crippen LogP contribution in [0.1, 0.15) is 10.5 Å². The van der Waals surface area contributed by atoms with E-state index in [0.717, 1.165) is 42.0 Å². The fourth-order valence-electron chi connectivity index (χ4n) is 2.50. The zero-order chi connectivity index (χ0) is 16.2. The van der Waals surface area contributed by atoms with Gasteiger partial charge in [0.25, 0.3) is 5.91 Å². The molecule has 1 amide bonds. The molecule has 0 bridgehead atoms. The summed E-state index contributed by atoms with van der Waals surface area (Å²) in [5, 5.41) is 3.30. The maximum Gasteiger partial charge on any atom is 0.272 e. The fraction of sp³-hybridized carbons (Fsp3) is 0.294. The van der Waals surface area contributed by atoms with Gasteiger partial charge in [-0.15, -0.1) is 0 Å². The number of likely N-dealkylation sites (N-methyl/N-ethyl adjacent to an activating group) is 1. The number of hydrogen-bond acceptors (Lipinski definition) is 4. The molecule has 0 spiro atoms. The standard InChI is InChI=1S/C17H19BrN4O/c1-21-8-10-22(11-9-21)17(23)16-12-15(6-7-19-16)20-14-4-2-13(18)3-5-14/h2-7,12H,8-11H2,1H3,(H,19,20). The molecule has 0 atom stereocenters. The van der Waals surface area contributed by atoms with Crippen LogP contribution in [0.5, 0.6) is 0 Å². The average Bonchev–Trinajstić information content (AvgIpc) is 2.57. The number of nitrogens with one attached hydrogen (secondary N) is 1. The zero-order valence-corrected chi connectivity index (χ0v) is 14.6. The second-order valence-corrected chi connectivity index (χ2v) is 6.57. The lowest BCUT2D eigenvalue weighted by molar-refractivity contribution is 0.0658. The molecule has 3 rings (SSSR count). The Morgan fingerprint density at radius 3 is 2.48 bits per heavy atom. The van der Waals surface area contributed by atoms with Crippen LogP contribution in [0.4, 0.5) is 11.4 Å². The Bertz CT molecular complexity index is 681. The summed E-state index contributed by atoms with van der Waals surface area (Å²) in [5.74, 6) is -0.00226. The molecule has 1 aromatic heterocycles. The van der Waals surface area contributed by atoms with Crippen LogP contribution in [0.3, 0.4) is 0 Å². The molecule has 1 aliphatic rings. The van der Waals surface area contributed by atoms with Crippen molar-refractivity contribution in [1.82, 2.24) is 14.8 Å². The van der Waals surface area contributed by atoms with Crippen LogP contribution in [0.25, 0.3) is 0 Å². The number of halogens is 1. The maximum absolute atomic E-state index is 12.6. The highest BCUT2D eigenvalue weighted by Gasteiger charge is 2.21. The van der Waals surface area contributed by atoms with Gasteiger partial charge in [-0.25, -0.2) is 0 Å². The minimum absolute atomic E-state index is 0.00226. The van der Waals surface area contributed by atoms with Crippen LogP contribution in [0.15, 0.2) is 47.1 Å². The van der Waals surface area contributed by atoms with Crippen molar-refractivity contribution in [2.45, 2.75) is 0 Å². The molecule has 5 nitrogen and oxygen atoms in total. The molecule has 0 unspecified atom stereocenters. The number of anilines is 2. The van der Waals surface area contributed by atoms with E-state index in [4.69, 9.17) is 0 Å². The van der Waals surface area contributed by atoms with Crippen molar-refractivity contribution in [3.63, 3.8) is 0 Å². The van der Waals surface area contributed by atoms with Gasteiger partial charge in [0.15, 0.2) is 0 Å². The molecule has 1 fully saturated rings. The van der Waals surface area contributed by atoms with Gasteiger partial charge in [0.2, 0.25) is 0 Å². The Balaban J connectivity index is 1.71. The number of amides is 1. The van der Waals surface area contributed by atoms with E-state index in [1.54, 1.807) is 6.20 Å². The second-order valence-electron chi connectivity index (χ2n) is 5.66. The van der Waals surface area contributed by atoms with E-state index in [1.165, 1.54) is 0 Å². The predicted molar refractivity (Wildman–Crippen MR) is 95.1 cm³/mol. The number of aromatic nitrogens is 1. The van der Waals surface area contributed by atoms with Gasteiger partial charge in [-0.1, -0.05) is 15.9 Å². The summed E-state index contributed by atoms with van der Waals surface area (Å²) in [6.07, 6.45) is 1.67. The van der Waals surface area contributed by atoms with Crippen molar-refractivity contribution in [1.29, 1.82) is 0 Å². The van der Waals surface area contributed by atoms with Gasteiger partial charge in [0, 0.05) is 48.2 Å². The summed E-state index contributed by atoms with van der Waals surface area (Å²) >= 11 is 3.42. The molecule has 0 radical (unpaired) electrons. The molecule has 1 saturated heterocycles. The number of piperazine rings is 1. The minimum Gasteiger partial charge on any atom is -0.355 e. The Morgan fingerprint density at radius 2 is 1.78 bits per heavy atom. The SMILES string of the molecule is CN1CCN(C(=O)c2cc(Nc3ccc(Br)cc3)ccn2)CC1. The van der Waals surface area contributed by atoms with E-state index in [2.05, 4.69) is 38.2 Å². The van der Waals surface area contributed by atoms with E-state index >= 15 is 0 Å². The normalized spacial score (nSPS) is 15.5. The van der Waals surface area contributed by atoms with Crippen molar-refractivity contribution in [2.75, 3.05) is 38.5 Å². The predicted octanol–water partition coefficient (Wildman–Crippen LogP) is 2.98. The molecule has 2 aromatic rings. The lowest BCUT2D eigenvalue weighted by atomic mass is 10.2. The van der Waals surface area contributed by atoms with Crippen molar-refractivity contribution < 1.29 is 4.79 Å². The van der Waals surface area contributed by atoms with Gasteiger partial charge < -0.3 is 15.1 Å². The summed E-state index contributed by atoms with van der Waals surface area (Å²) in [5.41, 5.74) is 2.31. The smallest absolute Gasteiger partial charge is 0.272 e. The number of carbonyl (C=O) groups excluding carboxylic acids is 1. The van der Waals surface area contributed by atoms with Crippen molar-refractivity contribution in [3.05, 3.63) is 52.8 Å². The van der Waals surface area contributed by atoms with Crippen molar-refractivity contribution in [2.24, 2.45) is 0 Å². The maximum atomic E-state index is 12.6. The monoisotopic (exact) mass is 374 g/mol. The number of carbonyl (C=O) groups is 1. The number of nitrogens with zero attached hydrogens (tertiary/aromatic N) is 3. The first-order valence-electron chi connectivity index (χ1n) is 7.58. The third kappa shape index (κ3) is 4.09. The second kappa shape index (κ2) is 7.10. The minimum atomic E-state index is -0.00226. The Kier molecular flexibility index (Phi) is 4.93. The van der Waals surface area contributed by atoms with Gasteiger partial charge in [-0.3, -0.25) is 9.78 Å². The lowest BCUT2D eigenvalue weighted by Crippen LogP contribution is -2.47. The van der Waals surface area contributed by atoms with E-state index in [1.807, 2.05) is 41.3 Å². The Morgan fingerprint density at radius 1 is 1.09 bits per heavy atom. The summed E-state index contributed by atoms with van der Waals surface area (Å²) in [4.78, 5) is 20.9. The van der Waals surface area contributed by atoms with Crippen LogP contribution in [0.2, 0.25) is 0 Å². The molecule has 120 valence electrons. The Labute approximate surface area is 144 Å². The first-order valence-corrected chi connectivity index (χ1v) is 8.37. The third-order valence-electron chi connectivity index (χ3n) is 3.90. The fourth-order valence-corrected chi connectivity index (χ4v) is 2.76. The highest BCUT2D eigenvalue weighted by molar-refractivity contribution is 9.10. The summed E-state index contributed by atoms with van der Waals surface area (Å²) < 4.78 is 1.03. The van der Waals surface area contributed by atoms with E-state index in [0.29, 0.717) is 5.69 Å². The molecule has 23 heavy (non-hydrogen) atoms. The van der Waals surface area contributed by atoms with Crippen LogP contribution in [-0.2, 0) is 0 Å². The average molecular weight is 375 g/mol. The topological polar surface area (TPSA) is 48.5 Å². The van der Waals surface area contributed by atoms with Crippen molar-refractivity contribution >= 4 is 33.2 Å². The third-order valence-corrected chi connectivity index (χ3v) is 4.43. The molecule has 1 aliphatic heterocycles. The summed E-state index contributed by atoms with van der Waals surface area (Å²) in [6, 6.07) is 11.6. The molecule has 1 N–H and O–H groups in total. The van der Waals surface area contributed by atoms with E-state index in [-0.39, 0.29) is 5.91 Å². The lowest BCUT2D eigenvalue weighted by Gasteiger charge is -2.32. The molecule has 1 aromatic carbocycles. The summed E-state index contributed by atoms with van der Waals surface area (Å²) in [6.45, 7) is 3.31. The molecular formula is C17H19BrN4O.